The first-order valence-corrected chi connectivity index (χ1v) is 5.27. The molecule has 0 saturated carbocycles. The molecule has 0 bridgehead atoms. The van der Waals surface area contributed by atoms with Gasteiger partial charge in [0, 0.05) is 12.1 Å². The SMILES string of the molecule is Cc1nn(-c2cc(F)c(F)c(F)c2)c(C)c1C(=O)O. The fourth-order valence-electron chi connectivity index (χ4n) is 1.87. The number of carbonyl (C=O) groups is 1. The third-order valence-electron chi connectivity index (χ3n) is 2.72. The third kappa shape index (κ3) is 2.07. The predicted molar refractivity (Wildman–Crippen MR) is 59.9 cm³/mol. The zero-order valence-corrected chi connectivity index (χ0v) is 10.0. The Labute approximate surface area is 106 Å². The number of aromatic carboxylic acids is 1. The number of hydrogen-bond donors (Lipinski definition) is 1. The Kier molecular flexibility index (Phi) is 3.05. The summed E-state index contributed by atoms with van der Waals surface area (Å²) in [6.07, 6.45) is 0. The molecule has 0 aliphatic carbocycles. The van der Waals surface area contributed by atoms with E-state index in [1.165, 1.54) is 13.8 Å². The summed E-state index contributed by atoms with van der Waals surface area (Å²) in [5.41, 5.74) is 0.278. The fraction of sp³-hybridized carbons (Fsp3) is 0.167. The number of nitrogens with zero attached hydrogens (tertiary/aromatic N) is 2. The van der Waals surface area contributed by atoms with Gasteiger partial charge in [-0.2, -0.15) is 5.10 Å². The standard InChI is InChI=1S/C12H9F3N2O2/c1-5-10(12(18)19)6(2)17(16-5)7-3-8(13)11(15)9(14)4-7/h3-4H,1-2H3,(H,18,19). The molecule has 0 fully saturated rings. The summed E-state index contributed by atoms with van der Waals surface area (Å²) < 4.78 is 40.2. The first-order chi connectivity index (χ1) is 8.82. The number of halogens is 3. The Hall–Kier alpha value is -2.31. The molecule has 7 heteroatoms. The van der Waals surface area contributed by atoms with E-state index in [0.29, 0.717) is 0 Å². The largest absolute Gasteiger partial charge is 0.478 e. The van der Waals surface area contributed by atoms with Gasteiger partial charge in [-0.1, -0.05) is 0 Å². The van der Waals surface area contributed by atoms with Crippen LogP contribution < -0.4 is 0 Å². The highest BCUT2D eigenvalue weighted by Gasteiger charge is 2.20. The molecule has 0 radical (unpaired) electrons. The molecule has 0 spiro atoms. The van der Waals surface area contributed by atoms with Crippen molar-refractivity contribution in [2.24, 2.45) is 0 Å². The van der Waals surface area contributed by atoms with Crippen molar-refractivity contribution in [3.8, 4) is 5.69 Å². The molecule has 100 valence electrons. The zero-order chi connectivity index (χ0) is 14.3. The van der Waals surface area contributed by atoms with E-state index in [-0.39, 0.29) is 22.6 Å². The van der Waals surface area contributed by atoms with E-state index in [1.54, 1.807) is 0 Å². The van der Waals surface area contributed by atoms with Crippen LogP contribution in [0.5, 0.6) is 0 Å². The molecule has 0 unspecified atom stereocenters. The quantitative estimate of drug-likeness (QED) is 0.853. The molecule has 0 aliphatic rings. The van der Waals surface area contributed by atoms with E-state index in [2.05, 4.69) is 5.10 Å². The van der Waals surface area contributed by atoms with Crippen LogP contribution in [0.2, 0.25) is 0 Å². The van der Waals surface area contributed by atoms with Gasteiger partial charge < -0.3 is 5.11 Å². The van der Waals surface area contributed by atoms with E-state index in [1.807, 2.05) is 0 Å². The first-order valence-electron chi connectivity index (χ1n) is 5.27. The second-order valence-electron chi connectivity index (χ2n) is 3.99. The summed E-state index contributed by atoms with van der Waals surface area (Å²) in [5, 5.41) is 12.9. The average molecular weight is 270 g/mol. The molecule has 1 aromatic heterocycles. The van der Waals surface area contributed by atoms with Crippen molar-refractivity contribution in [1.82, 2.24) is 9.78 Å². The van der Waals surface area contributed by atoms with Crippen molar-refractivity contribution >= 4 is 5.97 Å². The van der Waals surface area contributed by atoms with Crippen molar-refractivity contribution in [2.45, 2.75) is 13.8 Å². The normalized spacial score (nSPS) is 10.8. The maximum Gasteiger partial charge on any atom is 0.339 e. The fourth-order valence-corrected chi connectivity index (χ4v) is 1.87. The van der Waals surface area contributed by atoms with Crippen LogP contribution in [0.1, 0.15) is 21.7 Å². The number of carboxylic acids is 1. The Morgan fingerprint density at radius 1 is 1.21 bits per heavy atom. The maximum absolute atomic E-state index is 13.2. The van der Waals surface area contributed by atoms with Crippen LogP contribution in [0.4, 0.5) is 13.2 Å². The van der Waals surface area contributed by atoms with Crippen molar-refractivity contribution in [2.75, 3.05) is 0 Å². The van der Waals surface area contributed by atoms with Crippen molar-refractivity contribution in [3.05, 3.63) is 46.5 Å². The Morgan fingerprint density at radius 2 is 1.74 bits per heavy atom. The van der Waals surface area contributed by atoms with Crippen molar-refractivity contribution in [1.29, 1.82) is 0 Å². The number of aryl methyl sites for hydroxylation is 1. The van der Waals surface area contributed by atoms with Gasteiger partial charge in [-0.15, -0.1) is 0 Å². The topological polar surface area (TPSA) is 55.1 Å². The van der Waals surface area contributed by atoms with Gasteiger partial charge in [-0.3, -0.25) is 0 Å². The number of carboxylic acid groups (broad SMARTS) is 1. The smallest absolute Gasteiger partial charge is 0.339 e. The molecule has 1 heterocycles. The lowest BCUT2D eigenvalue weighted by atomic mass is 10.2. The third-order valence-corrected chi connectivity index (χ3v) is 2.72. The van der Waals surface area contributed by atoms with Crippen LogP contribution in [0, 0.1) is 31.3 Å². The minimum atomic E-state index is -1.58. The van der Waals surface area contributed by atoms with Crippen LogP contribution in [0.3, 0.4) is 0 Å². The Bertz CT molecular complexity index is 657. The van der Waals surface area contributed by atoms with Crippen molar-refractivity contribution < 1.29 is 23.1 Å². The molecule has 1 aromatic carbocycles. The van der Waals surface area contributed by atoms with E-state index in [4.69, 9.17) is 5.11 Å². The van der Waals surface area contributed by atoms with Crippen LogP contribution in [0.25, 0.3) is 5.69 Å². The highest BCUT2D eigenvalue weighted by molar-refractivity contribution is 5.90. The van der Waals surface area contributed by atoms with E-state index < -0.39 is 23.4 Å². The van der Waals surface area contributed by atoms with Crippen LogP contribution in [0.15, 0.2) is 12.1 Å². The molecule has 4 nitrogen and oxygen atoms in total. The molecular formula is C12H9F3N2O2. The van der Waals surface area contributed by atoms with Gasteiger partial charge in [0.05, 0.1) is 17.1 Å². The summed E-state index contributed by atoms with van der Waals surface area (Å²) in [4.78, 5) is 11.0. The highest BCUT2D eigenvalue weighted by atomic mass is 19.2. The number of aromatic nitrogens is 2. The van der Waals surface area contributed by atoms with E-state index in [0.717, 1.165) is 16.8 Å². The van der Waals surface area contributed by atoms with Gasteiger partial charge in [-0.25, -0.2) is 22.6 Å². The molecule has 0 aliphatic heterocycles. The summed E-state index contributed by atoms with van der Waals surface area (Å²) in [5.74, 6) is -5.49. The molecule has 19 heavy (non-hydrogen) atoms. The molecule has 0 saturated heterocycles. The van der Waals surface area contributed by atoms with Crippen LogP contribution in [-0.4, -0.2) is 20.9 Å². The van der Waals surface area contributed by atoms with Gasteiger partial charge in [-0.05, 0) is 13.8 Å². The van der Waals surface area contributed by atoms with Gasteiger partial charge >= 0.3 is 5.97 Å². The van der Waals surface area contributed by atoms with Gasteiger partial charge in [0.25, 0.3) is 0 Å². The lowest BCUT2D eigenvalue weighted by Gasteiger charge is -2.06. The molecule has 0 atom stereocenters. The summed E-state index contributed by atoms with van der Waals surface area (Å²) >= 11 is 0. The van der Waals surface area contributed by atoms with Gasteiger partial charge in [0.15, 0.2) is 17.5 Å². The van der Waals surface area contributed by atoms with Crippen LogP contribution >= 0.6 is 0 Å². The second kappa shape index (κ2) is 4.42. The lowest BCUT2D eigenvalue weighted by molar-refractivity contribution is 0.0695. The molecule has 2 aromatic rings. The minimum Gasteiger partial charge on any atom is -0.478 e. The number of benzene rings is 1. The summed E-state index contributed by atoms with van der Waals surface area (Å²) in [6.45, 7) is 2.91. The highest BCUT2D eigenvalue weighted by Crippen LogP contribution is 2.21. The monoisotopic (exact) mass is 270 g/mol. The van der Waals surface area contributed by atoms with E-state index in [9.17, 15) is 18.0 Å². The Morgan fingerprint density at radius 3 is 2.16 bits per heavy atom. The Balaban J connectivity index is 2.67. The van der Waals surface area contributed by atoms with Gasteiger partial charge in [0.1, 0.15) is 5.56 Å². The maximum atomic E-state index is 13.2. The zero-order valence-electron chi connectivity index (χ0n) is 10.0. The van der Waals surface area contributed by atoms with E-state index >= 15 is 0 Å². The lowest BCUT2D eigenvalue weighted by Crippen LogP contribution is -2.04. The molecule has 1 N–H and O–H groups in total. The van der Waals surface area contributed by atoms with Crippen LogP contribution in [-0.2, 0) is 0 Å². The summed E-state index contributed by atoms with van der Waals surface area (Å²) in [6, 6.07) is 1.51. The van der Waals surface area contributed by atoms with Crippen molar-refractivity contribution in [3.63, 3.8) is 0 Å². The first kappa shape index (κ1) is 13.1. The molecule has 2 rings (SSSR count). The average Bonchev–Trinajstić information content (AvgIpc) is 2.61. The molecular weight excluding hydrogens is 261 g/mol. The predicted octanol–water partition coefficient (Wildman–Crippen LogP) is 2.60. The second-order valence-corrected chi connectivity index (χ2v) is 3.99. The number of rotatable bonds is 2. The minimum absolute atomic E-state index is 0.0508. The number of hydrogen-bond acceptors (Lipinski definition) is 2. The van der Waals surface area contributed by atoms with Gasteiger partial charge in [0.2, 0.25) is 0 Å². The summed E-state index contributed by atoms with van der Waals surface area (Å²) in [7, 11) is 0. The molecule has 0 amide bonds.